The lowest BCUT2D eigenvalue weighted by atomic mass is 10.2. The number of sulfonamides is 1. The molecule has 1 amide bonds. The Morgan fingerprint density at radius 2 is 1.94 bits per heavy atom. The van der Waals surface area contributed by atoms with E-state index in [1.165, 1.54) is 33.3 Å². The van der Waals surface area contributed by atoms with Gasteiger partial charge in [0.1, 0.15) is 11.4 Å². The average Bonchev–Trinajstić information content (AvgIpc) is 3.29. The van der Waals surface area contributed by atoms with Crippen LogP contribution in [0.2, 0.25) is 0 Å². The molecule has 1 aliphatic rings. The summed E-state index contributed by atoms with van der Waals surface area (Å²) in [5, 5.41) is 4.70. The fourth-order valence-corrected chi connectivity index (χ4v) is 6.14. The first-order chi connectivity index (χ1) is 16.3. The van der Waals surface area contributed by atoms with Gasteiger partial charge < -0.3 is 10.1 Å². The van der Waals surface area contributed by atoms with Gasteiger partial charge in [-0.3, -0.25) is 9.36 Å². The number of carbonyl (C=O) groups is 2. The summed E-state index contributed by atoms with van der Waals surface area (Å²) in [7, 11) is -3.66. The van der Waals surface area contributed by atoms with Gasteiger partial charge in [-0.1, -0.05) is 6.42 Å². The molecular formula is C22H24N4O6S2. The summed E-state index contributed by atoms with van der Waals surface area (Å²) in [5.41, 5.74) is 0.0264. The minimum Gasteiger partial charge on any atom is -0.462 e. The van der Waals surface area contributed by atoms with Crippen LogP contribution in [0.4, 0.5) is 5.69 Å². The third-order valence-electron chi connectivity index (χ3n) is 5.49. The van der Waals surface area contributed by atoms with Gasteiger partial charge in [-0.25, -0.2) is 23.0 Å². The number of carbonyl (C=O) groups excluding carboxylic acids is 2. The van der Waals surface area contributed by atoms with E-state index < -0.39 is 27.6 Å². The maximum Gasteiger partial charge on any atom is 0.350 e. The molecule has 34 heavy (non-hydrogen) atoms. The Morgan fingerprint density at radius 1 is 1.18 bits per heavy atom. The predicted molar refractivity (Wildman–Crippen MR) is 128 cm³/mol. The molecule has 1 fully saturated rings. The Balaban J connectivity index is 1.59. The van der Waals surface area contributed by atoms with Crippen LogP contribution >= 0.6 is 11.3 Å². The van der Waals surface area contributed by atoms with Crippen LogP contribution in [0.15, 0.2) is 45.5 Å². The fraction of sp³-hybridized carbons (Fsp3) is 0.364. The molecule has 1 aliphatic heterocycles. The van der Waals surface area contributed by atoms with E-state index in [2.05, 4.69) is 10.3 Å². The number of hydrogen-bond donors (Lipinski definition) is 1. The second kappa shape index (κ2) is 10.0. The highest BCUT2D eigenvalue weighted by Crippen LogP contribution is 2.25. The molecule has 0 spiro atoms. The fourth-order valence-electron chi connectivity index (χ4n) is 3.84. The molecule has 0 bridgehead atoms. The van der Waals surface area contributed by atoms with E-state index in [9.17, 15) is 22.8 Å². The first-order valence-electron chi connectivity index (χ1n) is 10.9. The highest BCUT2D eigenvalue weighted by atomic mass is 32.2. The summed E-state index contributed by atoms with van der Waals surface area (Å²) in [6.45, 7) is 2.49. The lowest BCUT2D eigenvalue weighted by Crippen LogP contribution is -2.35. The van der Waals surface area contributed by atoms with Gasteiger partial charge in [-0.2, -0.15) is 4.31 Å². The third kappa shape index (κ3) is 4.88. The van der Waals surface area contributed by atoms with Gasteiger partial charge in [0, 0.05) is 24.7 Å². The van der Waals surface area contributed by atoms with Gasteiger partial charge in [0.25, 0.3) is 0 Å². The number of rotatable bonds is 7. The van der Waals surface area contributed by atoms with Crippen LogP contribution in [0, 0.1) is 0 Å². The molecule has 4 rings (SSSR count). The minimum absolute atomic E-state index is 0.121. The Hall–Kier alpha value is -3.09. The summed E-state index contributed by atoms with van der Waals surface area (Å²) >= 11 is 1.14. The van der Waals surface area contributed by atoms with Crippen molar-refractivity contribution in [2.75, 3.05) is 25.0 Å². The van der Waals surface area contributed by atoms with E-state index in [0.717, 1.165) is 30.6 Å². The zero-order chi connectivity index (χ0) is 24.3. The van der Waals surface area contributed by atoms with E-state index in [0.29, 0.717) is 29.7 Å². The minimum atomic E-state index is -3.66. The molecule has 0 unspecified atom stereocenters. The van der Waals surface area contributed by atoms with Crippen LogP contribution in [0.25, 0.3) is 10.9 Å². The first kappa shape index (κ1) is 24.0. The number of benzene rings is 1. The van der Waals surface area contributed by atoms with Crippen molar-refractivity contribution < 1.29 is 22.7 Å². The van der Waals surface area contributed by atoms with Crippen molar-refractivity contribution in [3.8, 4) is 0 Å². The van der Waals surface area contributed by atoms with Crippen molar-refractivity contribution in [1.29, 1.82) is 0 Å². The van der Waals surface area contributed by atoms with Gasteiger partial charge in [0.2, 0.25) is 15.9 Å². The molecule has 1 N–H and O–H groups in total. The number of nitrogens with zero attached hydrogens (tertiary/aromatic N) is 3. The molecular weight excluding hydrogens is 480 g/mol. The quantitative estimate of drug-likeness (QED) is 0.490. The molecule has 0 saturated carbocycles. The zero-order valence-corrected chi connectivity index (χ0v) is 20.2. The van der Waals surface area contributed by atoms with Gasteiger partial charge in [-0.05, 0) is 49.4 Å². The molecule has 1 aromatic carbocycles. The Labute approximate surface area is 200 Å². The summed E-state index contributed by atoms with van der Waals surface area (Å²) in [4.78, 5) is 41.4. The topological polar surface area (TPSA) is 128 Å². The number of anilines is 1. The van der Waals surface area contributed by atoms with E-state index >= 15 is 0 Å². The van der Waals surface area contributed by atoms with Gasteiger partial charge in [0.05, 0.1) is 22.7 Å². The first-order valence-corrected chi connectivity index (χ1v) is 13.2. The maximum atomic E-state index is 13.0. The molecule has 0 atom stereocenters. The molecule has 10 nitrogen and oxygen atoms in total. The number of hydrogen-bond acceptors (Lipinski definition) is 8. The monoisotopic (exact) mass is 504 g/mol. The third-order valence-corrected chi connectivity index (χ3v) is 8.28. The zero-order valence-electron chi connectivity index (χ0n) is 18.5. The van der Waals surface area contributed by atoms with E-state index in [1.54, 1.807) is 18.4 Å². The Bertz CT molecular complexity index is 1390. The van der Waals surface area contributed by atoms with E-state index in [1.807, 2.05) is 0 Å². The lowest BCUT2D eigenvalue weighted by Gasteiger charge is -2.26. The van der Waals surface area contributed by atoms with Crippen LogP contribution in [0.3, 0.4) is 0 Å². The molecule has 3 heterocycles. The smallest absolute Gasteiger partial charge is 0.350 e. The Morgan fingerprint density at radius 3 is 2.68 bits per heavy atom. The maximum absolute atomic E-state index is 13.0. The standard InChI is InChI=1S/C22H24N4O6S2/c1-2-32-21(28)20-17(8-11-33-20)24-19(27)14-26-18-7-6-16(12-15(18)13-23-22(26)29)34(30,31)25-9-4-3-5-10-25/h6-8,11-13H,2-5,9-10,14H2,1H3,(H,24,27). The van der Waals surface area contributed by atoms with Gasteiger partial charge in [0.15, 0.2) is 0 Å². The van der Waals surface area contributed by atoms with Gasteiger partial charge >= 0.3 is 11.7 Å². The van der Waals surface area contributed by atoms with E-state index in [4.69, 9.17) is 4.74 Å². The summed E-state index contributed by atoms with van der Waals surface area (Å²) in [5.74, 6) is -1.08. The van der Waals surface area contributed by atoms with Crippen LogP contribution in [-0.2, 0) is 26.1 Å². The number of fused-ring (bicyclic) bond motifs is 1. The predicted octanol–water partition coefficient (Wildman–Crippen LogP) is 2.45. The van der Waals surface area contributed by atoms with Crippen molar-refractivity contribution in [2.24, 2.45) is 0 Å². The number of esters is 1. The van der Waals surface area contributed by atoms with Crippen molar-refractivity contribution in [2.45, 2.75) is 37.6 Å². The molecule has 0 aliphatic carbocycles. The highest BCUT2D eigenvalue weighted by molar-refractivity contribution is 7.89. The Kier molecular flexibility index (Phi) is 7.10. The van der Waals surface area contributed by atoms with Crippen molar-refractivity contribution in [3.05, 3.63) is 51.2 Å². The number of thiophene rings is 1. The van der Waals surface area contributed by atoms with Crippen molar-refractivity contribution >= 4 is 49.8 Å². The number of nitrogens with one attached hydrogen (secondary N) is 1. The van der Waals surface area contributed by atoms with Crippen LogP contribution < -0.4 is 11.0 Å². The number of aromatic nitrogens is 2. The summed E-state index contributed by atoms with van der Waals surface area (Å²) < 4.78 is 33.6. The number of piperidine rings is 1. The lowest BCUT2D eigenvalue weighted by molar-refractivity contribution is -0.116. The number of ether oxygens (including phenoxy) is 1. The molecule has 12 heteroatoms. The van der Waals surface area contributed by atoms with Crippen LogP contribution in [0.1, 0.15) is 35.9 Å². The second-order valence-corrected chi connectivity index (χ2v) is 10.6. The SMILES string of the molecule is CCOC(=O)c1sccc1NC(=O)Cn1c(=O)ncc2cc(S(=O)(=O)N3CCCCC3)ccc21. The van der Waals surface area contributed by atoms with Gasteiger partial charge in [-0.15, -0.1) is 11.3 Å². The second-order valence-electron chi connectivity index (χ2n) is 7.74. The summed E-state index contributed by atoms with van der Waals surface area (Å²) in [6.07, 6.45) is 3.96. The van der Waals surface area contributed by atoms with Crippen LogP contribution in [-0.4, -0.2) is 53.8 Å². The van der Waals surface area contributed by atoms with Crippen molar-refractivity contribution in [3.63, 3.8) is 0 Å². The van der Waals surface area contributed by atoms with Crippen LogP contribution in [0.5, 0.6) is 0 Å². The molecule has 2 aromatic heterocycles. The van der Waals surface area contributed by atoms with E-state index in [-0.39, 0.29) is 22.9 Å². The molecule has 3 aromatic rings. The molecule has 1 saturated heterocycles. The van der Waals surface area contributed by atoms with Crippen molar-refractivity contribution in [1.82, 2.24) is 13.9 Å². The number of amides is 1. The summed E-state index contributed by atoms with van der Waals surface area (Å²) in [6, 6.07) is 6.00. The highest BCUT2D eigenvalue weighted by Gasteiger charge is 2.26. The average molecular weight is 505 g/mol. The largest absolute Gasteiger partial charge is 0.462 e. The molecule has 180 valence electrons. The normalized spacial score (nSPS) is 14.7. The molecule has 0 radical (unpaired) electrons.